The highest BCUT2D eigenvalue weighted by atomic mass is 19.1. The van der Waals surface area contributed by atoms with Gasteiger partial charge in [0.15, 0.2) is 11.6 Å². The fraction of sp³-hybridized carbons (Fsp3) is 0.615. The van der Waals surface area contributed by atoms with Crippen LogP contribution in [0.3, 0.4) is 0 Å². The summed E-state index contributed by atoms with van der Waals surface area (Å²) in [6.45, 7) is 7.99. The number of nitrogens with zero attached hydrogens (tertiary/aromatic N) is 2. The molecule has 0 radical (unpaired) electrons. The number of hydrogen-bond acceptors (Lipinski definition) is 6. The van der Waals surface area contributed by atoms with Crippen molar-refractivity contribution < 1.29 is 33.0 Å². The van der Waals surface area contributed by atoms with Crippen LogP contribution in [0.25, 0.3) is 0 Å². The first-order chi connectivity index (χ1) is 16.8. The molecular formula is C26H33F2N3O5. The van der Waals surface area contributed by atoms with E-state index >= 15 is 4.39 Å². The largest absolute Gasteiger partial charge is 0.492 e. The number of nitrogens with one attached hydrogen (secondary N) is 1. The molecule has 36 heavy (non-hydrogen) atoms. The summed E-state index contributed by atoms with van der Waals surface area (Å²) in [6, 6.07) is 0.609. The Kier molecular flexibility index (Phi) is 5.64. The molecule has 196 valence electrons. The topological polar surface area (TPSA) is 91.3 Å². The van der Waals surface area contributed by atoms with Crippen molar-refractivity contribution in [2.75, 3.05) is 30.0 Å². The minimum Gasteiger partial charge on any atom is -0.492 e. The Morgan fingerprint density at radius 3 is 2.44 bits per heavy atom. The second-order valence-corrected chi connectivity index (χ2v) is 11.5. The highest BCUT2D eigenvalue weighted by Gasteiger charge is 2.57. The lowest BCUT2D eigenvalue weighted by Crippen LogP contribution is -2.44. The summed E-state index contributed by atoms with van der Waals surface area (Å²) in [6.07, 6.45) is 1.92. The Bertz CT molecular complexity index is 1140. The number of carbonyl (C=O) groups excluding carboxylic acids is 1. The third-order valence-corrected chi connectivity index (χ3v) is 7.72. The summed E-state index contributed by atoms with van der Waals surface area (Å²) in [5, 5.41) is 12.7. The summed E-state index contributed by atoms with van der Waals surface area (Å²) in [7, 11) is 1.44. The van der Waals surface area contributed by atoms with Crippen LogP contribution in [0.5, 0.6) is 5.75 Å². The first kappa shape index (κ1) is 24.6. The maximum Gasteiger partial charge on any atom is 0.407 e. The molecule has 2 saturated carbocycles. The fourth-order valence-corrected chi connectivity index (χ4v) is 5.60. The first-order valence-corrected chi connectivity index (χ1v) is 12.4. The van der Waals surface area contributed by atoms with Crippen molar-refractivity contribution in [2.24, 2.45) is 5.41 Å². The maximum atomic E-state index is 15.8. The Hall–Kier alpha value is -3.04. The third-order valence-electron chi connectivity index (χ3n) is 7.72. The van der Waals surface area contributed by atoms with Crippen LogP contribution < -0.4 is 19.9 Å². The zero-order chi connectivity index (χ0) is 26.2. The van der Waals surface area contributed by atoms with Gasteiger partial charge in [-0.05, 0) is 45.2 Å². The second kappa shape index (κ2) is 8.24. The Labute approximate surface area is 209 Å². The average molecular weight is 506 g/mol. The van der Waals surface area contributed by atoms with E-state index in [4.69, 9.17) is 9.47 Å². The van der Waals surface area contributed by atoms with Crippen LogP contribution in [-0.4, -0.2) is 61.2 Å². The number of hydrogen-bond donors (Lipinski definition) is 2. The van der Waals surface area contributed by atoms with Gasteiger partial charge in [-0.2, -0.15) is 0 Å². The lowest BCUT2D eigenvalue weighted by molar-refractivity contribution is -0.133. The number of ether oxygens (including phenoxy) is 2. The number of carbonyl (C=O) groups is 2. The molecule has 1 aromatic rings. The highest BCUT2D eigenvalue weighted by molar-refractivity contribution is 5.93. The third kappa shape index (κ3) is 4.14. The Morgan fingerprint density at radius 1 is 1.25 bits per heavy atom. The van der Waals surface area contributed by atoms with Crippen LogP contribution in [0.15, 0.2) is 17.8 Å². The number of aliphatic carboxylic acids is 1. The maximum absolute atomic E-state index is 15.8. The van der Waals surface area contributed by atoms with Crippen LogP contribution >= 0.6 is 0 Å². The molecule has 5 rings (SSSR count). The van der Waals surface area contributed by atoms with Gasteiger partial charge in [0.2, 0.25) is 0 Å². The van der Waals surface area contributed by atoms with Crippen molar-refractivity contribution in [1.29, 1.82) is 0 Å². The molecule has 8 nitrogen and oxygen atoms in total. The minimum atomic E-state index is -1.12. The molecule has 2 heterocycles. The number of fused-ring (bicyclic) bond motifs is 1. The quantitative estimate of drug-likeness (QED) is 0.616. The molecule has 4 aliphatic rings. The SMILES string of the molecule is COc1c(N2C[C@@H](NC(=O)OC(C)(C)C)C3(CC3)C2)c(F)cc2c1N([C@@H]1C[C@@H]1F)C=C(C(=O)O)C2C. The molecule has 3 fully saturated rings. The average Bonchev–Trinajstić information content (AvgIpc) is 3.66. The van der Waals surface area contributed by atoms with Crippen LogP contribution in [-0.2, 0) is 9.53 Å². The Morgan fingerprint density at radius 2 is 1.92 bits per heavy atom. The summed E-state index contributed by atoms with van der Waals surface area (Å²) < 4.78 is 41.2. The van der Waals surface area contributed by atoms with Gasteiger partial charge >= 0.3 is 12.1 Å². The van der Waals surface area contributed by atoms with Gasteiger partial charge in [0, 0.05) is 37.0 Å². The number of carboxylic acids is 1. The van der Waals surface area contributed by atoms with Gasteiger partial charge in [0.05, 0.1) is 30.5 Å². The lowest BCUT2D eigenvalue weighted by Gasteiger charge is -2.35. The van der Waals surface area contributed by atoms with Crippen molar-refractivity contribution in [2.45, 2.75) is 76.7 Å². The molecule has 2 aliphatic heterocycles. The van der Waals surface area contributed by atoms with Gasteiger partial charge in [-0.25, -0.2) is 18.4 Å². The molecule has 10 heteroatoms. The van der Waals surface area contributed by atoms with E-state index in [-0.39, 0.29) is 34.9 Å². The number of alkyl carbamates (subject to hydrolysis) is 1. The van der Waals surface area contributed by atoms with E-state index < -0.39 is 41.6 Å². The molecule has 1 aromatic carbocycles. The van der Waals surface area contributed by atoms with E-state index in [1.807, 2.05) is 4.90 Å². The van der Waals surface area contributed by atoms with E-state index in [0.717, 1.165) is 12.8 Å². The number of amides is 1. The molecule has 1 saturated heterocycles. The zero-order valence-electron chi connectivity index (χ0n) is 21.2. The molecule has 1 unspecified atom stereocenters. The normalized spacial score (nSPS) is 27.9. The number of carboxylic acid groups (broad SMARTS) is 1. The summed E-state index contributed by atoms with van der Waals surface area (Å²) in [5.74, 6) is -2.00. The predicted molar refractivity (Wildman–Crippen MR) is 130 cm³/mol. The number of anilines is 2. The van der Waals surface area contributed by atoms with Crippen molar-refractivity contribution in [1.82, 2.24) is 5.32 Å². The van der Waals surface area contributed by atoms with Gasteiger partial charge in [0.1, 0.15) is 17.5 Å². The number of methoxy groups -OCH3 is 1. The molecule has 0 bridgehead atoms. The van der Waals surface area contributed by atoms with Crippen LogP contribution in [0.1, 0.15) is 58.4 Å². The van der Waals surface area contributed by atoms with E-state index in [1.165, 1.54) is 19.4 Å². The number of alkyl halides is 1. The van der Waals surface area contributed by atoms with Crippen LogP contribution in [0.2, 0.25) is 0 Å². The zero-order valence-corrected chi connectivity index (χ0v) is 21.2. The van der Waals surface area contributed by atoms with Crippen molar-refractivity contribution in [3.05, 3.63) is 29.2 Å². The summed E-state index contributed by atoms with van der Waals surface area (Å²) in [5.41, 5.74) is 0.480. The van der Waals surface area contributed by atoms with Crippen LogP contribution in [0, 0.1) is 11.2 Å². The van der Waals surface area contributed by atoms with Gasteiger partial charge in [0.25, 0.3) is 0 Å². The van der Waals surface area contributed by atoms with E-state index in [2.05, 4.69) is 5.32 Å². The van der Waals surface area contributed by atoms with Crippen molar-refractivity contribution in [3.63, 3.8) is 0 Å². The van der Waals surface area contributed by atoms with Gasteiger partial charge in [-0.15, -0.1) is 0 Å². The van der Waals surface area contributed by atoms with Crippen molar-refractivity contribution >= 4 is 23.4 Å². The Balaban J connectivity index is 1.51. The van der Waals surface area contributed by atoms with Gasteiger partial charge in [-0.1, -0.05) is 6.92 Å². The number of rotatable bonds is 5. The fourth-order valence-electron chi connectivity index (χ4n) is 5.60. The standard InChI is InChI=1S/C26H33F2N3O5/c1-13-14-8-17(28)21(22(35-5)20(14)31(18-9-16(18)27)10-15(13)23(32)33)30-11-19(26(12-30)6-7-26)29-24(34)36-25(2,3)4/h8,10,13,16,18-19H,6-7,9,11-12H2,1-5H3,(H,29,34)(H,32,33)/t13?,16-,18+,19+/m0/s1. The molecular weight excluding hydrogens is 472 g/mol. The lowest BCUT2D eigenvalue weighted by atomic mass is 9.87. The first-order valence-electron chi connectivity index (χ1n) is 12.4. The molecule has 2 aliphatic carbocycles. The summed E-state index contributed by atoms with van der Waals surface area (Å²) in [4.78, 5) is 27.8. The van der Waals surface area contributed by atoms with Crippen LogP contribution in [0.4, 0.5) is 25.0 Å². The highest BCUT2D eigenvalue weighted by Crippen LogP contribution is 2.57. The van der Waals surface area contributed by atoms with Gasteiger partial charge < -0.3 is 29.7 Å². The smallest absolute Gasteiger partial charge is 0.407 e. The van der Waals surface area contributed by atoms with E-state index in [1.54, 1.807) is 32.6 Å². The molecule has 4 atom stereocenters. The monoisotopic (exact) mass is 505 g/mol. The molecule has 1 spiro atoms. The van der Waals surface area contributed by atoms with Crippen molar-refractivity contribution in [3.8, 4) is 5.75 Å². The minimum absolute atomic E-state index is 0.0792. The van der Waals surface area contributed by atoms with E-state index in [0.29, 0.717) is 24.3 Å². The molecule has 0 aromatic heterocycles. The van der Waals surface area contributed by atoms with Gasteiger partial charge in [-0.3, -0.25) is 0 Å². The number of benzene rings is 1. The second-order valence-electron chi connectivity index (χ2n) is 11.5. The molecule has 1 amide bonds. The summed E-state index contributed by atoms with van der Waals surface area (Å²) >= 11 is 0. The molecule has 2 N–H and O–H groups in total. The number of halogens is 2. The predicted octanol–water partition coefficient (Wildman–Crippen LogP) is 4.33. The van der Waals surface area contributed by atoms with E-state index in [9.17, 15) is 19.1 Å².